The molecule has 0 radical (unpaired) electrons. The Bertz CT molecular complexity index is 1690. The van der Waals surface area contributed by atoms with Crippen LogP contribution in [0.25, 0.3) is 21.7 Å². The highest BCUT2D eigenvalue weighted by atomic mass is 35.5. The summed E-state index contributed by atoms with van der Waals surface area (Å²) in [6, 6.07) is 27.9. The minimum Gasteiger partial charge on any atom is -0.495 e. The number of piperazine rings is 1. The van der Waals surface area contributed by atoms with E-state index in [1.54, 1.807) is 7.11 Å². The minimum atomic E-state index is 0.132. The Morgan fingerprint density at radius 2 is 1.44 bits per heavy atom. The van der Waals surface area contributed by atoms with Crippen LogP contribution in [0, 0.1) is 0 Å². The number of ketones is 1. The molecule has 2 heterocycles. The Morgan fingerprint density at radius 3 is 2.21 bits per heavy atom. The lowest BCUT2D eigenvalue weighted by molar-refractivity contribution is 0.0994. The number of Topliss-reactive ketones (excluding diaryl/α,β-unsaturated/α-hetero) is 1. The highest BCUT2D eigenvalue weighted by molar-refractivity contribution is 6.35. The number of rotatable bonds is 12. The van der Waals surface area contributed by atoms with E-state index in [1.165, 1.54) is 0 Å². The van der Waals surface area contributed by atoms with E-state index >= 15 is 0 Å². The fourth-order valence-electron chi connectivity index (χ4n) is 6.11. The Hall–Kier alpha value is -3.84. The number of methoxy groups -OCH3 is 1. The number of hydrogen-bond acceptors (Lipinski definition) is 5. The van der Waals surface area contributed by atoms with Crippen molar-refractivity contribution in [2.24, 2.45) is 0 Å². The van der Waals surface area contributed by atoms with Gasteiger partial charge in [0.05, 0.1) is 12.6 Å². The van der Waals surface area contributed by atoms with Gasteiger partial charge in [-0.3, -0.25) is 9.69 Å². The van der Waals surface area contributed by atoms with Crippen LogP contribution in [0.3, 0.4) is 0 Å². The second-order valence-electron chi connectivity index (χ2n) is 11.2. The summed E-state index contributed by atoms with van der Waals surface area (Å²) in [6.07, 6.45) is 3.42. The Labute approximate surface area is 258 Å². The summed E-state index contributed by atoms with van der Waals surface area (Å²) in [5, 5.41) is 3.79. The number of carbonyl (C=O) groups excluding carboxylic acids is 1. The van der Waals surface area contributed by atoms with Gasteiger partial charge in [-0.25, -0.2) is 0 Å². The van der Waals surface area contributed by atoms with Gasteiger partial charge in [0.2, 0.25) is 0 Å². The third-order valence-corrected chi connectivity index (χ3v) is 8.75. The van der Waals surface area contributed by atoms with E-state index in [0.717, 1.165) is 102 Å². The van der Waals surface area contributed by atoms with Gasteiger partial charge in [-0.05, 0) is 36.7 Å². The predicted molar refractivity (Wildman–Crippen MR) is 175 cm³/mol. The third kappa shape index (κ3) is 6.72. The van der Waals surface area contributed by atoms with Crippen molar-refractivity contribution in [3.05, 3.63) is 107 Å². The van der Waals surface area contributed by atoms with Crippen molar-refractivity contribution < 1.29 is 14.3 Å². The molecule has 0 unspecified atom stereocenters. The van der Waals surface area contributed by atoms with Gasteiger partial charge in [0.1, 0.15) is 18.1 Å². The molecule has 1 aromatic heterocycles. The summed E-state index contributed by atoms with van der Waals surface area (Å²) >= 11 is 6.36. The van der Waals surface area contributed by atoms with Crippen LogP contribution < -0.4 is 9.47 Å². The molecule has 43 heavy (non-hydrogen) atoms. The van der Waals surface area contributed by atoms with Crippen LogP contribution in [0.5, 0.6) is 11.5 Å². The molecule has 222 valence electrons. The normalized spacial score (nSPS) is 14.4. The number of aryl methyl sites for hydroxylation is 1. The number of carbonyl (C=O) groups is 1. The van der Waals surface area contributed by atoms with Crippen LogP contribution in [-0.2, 0) is 13.0 Å². The summed E-state index contributed by atoms with van der Waals surface area (Å²) in [5.74, 6) is 1.82. The number of benzene rings is 4. The van der Waals surface area contributed by atoms with E-state index in [9.17, 15) is 4.79 Å². The van der Waals surface area contributed by atoms with Crippen molar-refractivity contribution >= 4 is 39.1 Å². The van der Waals surface area contributed by atoms with Gasteiger partial charge in [-0.1, -0.05) is 78.3 Å². The fraction of sp³-hybridized carbons (Fsp3) is 0.306. The maximum absolute atomic E-state index is 13.3. The summed E-state index contributed by atoms with van der Waals surface area (Å²) in [6.45, 7) is 7.55. The van der Waals surface area contributed by atoms with E-state index in [4.69, 9.17) is 21.1 Å². The van der Waals surface area contributed by atoms with Crippen molar-refractivity contribution in [2.45, 2.75) is 19.4 Å². The first-order chi connectivity index (χ1) is 21.1. The summed E-state index contributed by atoms with van der Waals surface area (Å²) in [7, 11) is 1.69. The molecule has 0 atom stereocenters. The second kappa shape index (κ2) is 13.6. The van der Waals surface area contributed by atoms with Gasteiger partial charge in [0, 0.05) is 78.6 Å². The fourth-order valence-corrected chi connectivity index (χ4v) is 6.34. The highest BCUT2D eigenvalue weighted by Crippen LogP contribution is 2.32. The molecule has 1 aliphatic heterocycles. The lowest BCUT2D eigenvalue weighted by Gasteiger charge is -2.34. The molecule has 1 fully saturated rings. The van der Waals surface area contributed by atoms with Crippen LogP contribution in [0.1, 0.15) is 22.3 Å². The predicted octanol–water partition coefficient (Wildman–Crippen LogP) is 6.97. The molecule has 5 aromatic rings. The van der Waals surface area contributed by atoms with Gasteiger partial charge in [-0.2, -0.15) is 0 Å². The van der Waals surface area contributed by atoms with Crippen molar-refractivity contribution in [3.63, 3.8) is 0 Å². The number of halogens is 1. The molecule has 4 aromatic carbocycles. The lowest BCUT2D eigenvalue weighted by Crippen LogP contribution is -2.47. The molecule has 0 aliphatic carbocycles. The zero-order valence-electron chi connectivity index (χ0n) is 24.7. The average Bonchev–Trinajstić information content (AvgIpc) is 3.42. The second-order valence-corrected chi connectivity index (χ2v) is 11.6. The number of ether oxygens (including phenoxy) is 2. The van der Waals surface area contributed by atoms with E-state index < -0.39 is 0 Å². The Balaban J connectivity index is 1.01. The first-order valence-electron chi connectivity index (χ1n) is 15.1. The van der Waals surface area contributed by atoms with Gasteiger partial charge >= 0.3 is 0 Å². The van der Waals surface area contributed by atoms with Gasteiger partial charge in [-0.15, -0.1) is 0 Å². The molecule has 1 saturated heterocycles. The van der Waals surface area contributed by atoms with E-state index in [2.05, 4.69) is 20.4 Å². The molecule has 7 heteroatoms. The zero-order chi connectivity index (χ0) is 29.6. The molecular formula is C36H38ClN3O3. The summed E-state index contributed by atoms with van der Waals surface area (Å²) in [5.41, 5.74) is 2.79. The molecule has 6 nitrogen and oxygen atoms in total. The first-order valence-corrected chi connectivity index (χ1v) is 15.5. The van der Waals surface area contributed by atoms with Gasteiger partial charge < -0.3 is 18.9 Å². The molecule has 0 spiro atoms. The van der Waals surface area contributed by atoms with Crippen LogP contribution in [-0.4, -0.2) is 73.1 Å². The average molecular weight is 596 g/mol. The maximum Gasteiger partial charge on any atom is 0.169 e. The summed E-state index contributed by atoms with van der Waals surface area (Å²) < 4.78 is 14.1. The number of aromatic nitrogens is 1. The summed E-state index contributed by atoms with van der Waals surface area (Å²) in [4.78, 5) is 18.4. The van der Waals surface area contributed by atoms with Gasteiger partial charge in [0.25, 0.3) is 0 Å². The van der Waals surface area contributed by atoms with Crippen molar-refractivity contribution in [3.8, 4) is 11.5 Å². The molecule has 6 rings (SSSR count). The van der Waals surface area contributed by atoms with E-state index in [-0.39, 0.29) is 5.78 Å². The Kier molecular flexibility index (Phi) is 9.27. The van der Waals surface area contributed by atoms with Crippen LogP contribution in [0.2, 0.25) is 5.02 Å². The molecular weight excluding hydrogens is 558 g/mol. The molecule has 0 saturated carbocycles. The topological polar surface area (TPSA) is 46.9 Å². The number of para-hydroxylation sites is 1. The SMILES string of the molecule is COc1cccc2c(C(=O)Cc3ccccc3)cn(CCCN3CCN(CCOc4ccc(Cl)c5ccccc45)CC3)c12. The third-order valence-electron chi connectivity index (χ3n) is 8.42. The van der Waals surface area contributed by atoms with Crippen LogP contribution in [0.4, 0.5) is 0 Å². The Morgan fingerprint density at radius 1 is 0.744 bits per heavy atom. The standard InChI is InChI=1S/C36H38ClN3O3/c1-42-35-14-7-13-30-31(33(41)25-27-9-3-2-4-10-27)26-40(36(30)35)18-8-17-38-19-21-39(22-20-38)23-24-43-34-16-15-32(37)28-11-5-6-12-29(28)34/h2-7,9-16,26H,8,17-25H2,1H3. The molecule has 0 N–H and O–H groups in total. The van der Waals surface area contributed by atoms with Crippen molar-refractivity contribution in [1.29, 1.82) is 0 Å². The maximum atomic E-state index is 13.3. The van der Waals surface area contributed by atoms with Gasteiger partial charge in [0.15, 0.2) is 5.78 Å². The van der Waals surface area contributed by atoms with E-state index in [0.29, 0.717) is 13.0 Å². The monoisotopic (exact) mass is 595 g/mol. The molecule has 0 amide bonds. The first kappa shape index (κ1) is 29.2. The lowest BCUT2D eigenvalue weighted by atomic mass is 10.0. The van der Waals surface area contributed by atoms with Crippen LogP contribution in [0.15, 0.2) is 91.1 Å². The largest absolute Gasteiger partial charge is 0.495 e. The quantitative estimate of drug-likeness (QED) is 0.146. The van der Waals surface area contributed by atoms with Crippen LogP contribution >= 0.6 is 11.6 Å². The van der Waals surface area contributed by atoms with Crippen molar-refractivity contribution in [1.82, 2.24) is 14.4 Å². The number of nitrogens with zero attached hydrogens (tertiary/aromatic N) is 3. The minimum absolute atomic E-state index is 0.132. The zero-order valence-corrected chi connectivity index (χ0v) is 25.4. The molecule has 0 bridgehead atoms. The molecule has 1 aliphatic rings. The number of hydrogen-bond donors (Lipinski definition) is 0. The number of fused-ring (bicyclic) bond motifs is 2. The van der Waals surface area contributed by atoms with Crippen molar-refractivity contribution in [2.75, 3.05) is 53.0 Å². The smallest absolute Gasteiger partial charge is 0.169 e. The highest BCUT2D eigenvalue weighted by Gasteiger charge is 2.20. The van der Waals surface area contributed by atoms with E-state index in [1.807, 2.05) is 85.1 Å².